The molecule has 0 fully saturated rings. The summed E-state index contributed by atoms with van der Waals surface area (Å²) < 4.78 is 4.16. The number of H-pyrrole nitrogens is 1. The number of rotatable bonds is 1. The standard InChI is InChI=1S/C5H7NO4/c1-2(7)3-4(8)10-5(9)6-3/h2,7-8H,1H3,(H,6,9). The minimum atomic E-state index is -0.925. The first-order valence-corrected chi connectivity index (χ1v) is 2.71. The highest BCUT2D eigenvalue weighted by molar-refractivity contribution is 5.13. The maximum absolute atomic E-state index is 10.3. The lowest BCUT2D eigenvalue weighted by molar-refractivity contribution is 0.186. The Labute approximate surface area is 55.9 Å². The van der Waals surface area contributed by atoms with Gasteiger partial charge in [0.25, 0.3) is 0 Å². The largest absolute Gasteiger partial charge is 0.479 e. The molecule has 0 aliphatic carbocycles. The van der Waals surface area contributed by atoms with Gasteiger partial charge < -0.3 is 14.6 Å². The van der Waals surface area contributed by atoms with Crippen molar-refractivity contribution < 1.29 is 14.6 Å². The summed E-state index contributed by atoms with van der Waals surface area (Å²) in [6.07, 6.45) is -0.925. The van der Waals surface area contributed by atoms with E-state index in [2.05, 4.69) is 9.40 Å². The van der Waals surface area contributed by atoms with Crippen LogP contribution in [-0.4, -0.2) is 15.2 Å². The predicted octanol–water partition coefficient (Wildman–Crippen LogP) is -0.273. The summed E-state index contributed by atoms with van der Waals surface area (Å²) in [5.74, 6) is -1.33. The van der Waals surface area contributed by atoms with Crippen LogP contribution in [0.25, 0.3) is 0 Å². The number of aliphatic hydroxyl groups is 1. The number of aliphatic hydroxyl groups excluding tert-OH is 1. The van der Waals surface area contributed by atoms with Gasteiger partial charge in [-0.25, -0.2) is 4.79 Å². The molecule has 0 radical (unpaired) electrons. The van der Waals surface area contributed by atoms with Crippen molar-refractivity contribution in [2.45, 2.75) is 13.0 Å². The van der Waals surface area contributed by atoms with Crippen molar-refractivity contribution in [1.29, 1.82) is 0 Å². The van der Waals surface area contributed by atoms with E-state index in [1.807, 2.05) is 0 Å². The molecular weight excluding hydrogens is 138 g/mol. The van der Waals surface area contributed by atoms with E-state index in [-0.39, 0.29) is 5.69 Å². The highest BCUT2D eigenvalue weighted by Crippen LogP contribution is 2.18. The Morgan fingerprint density at radius 2 is 2.30 bits per heavy atom. The fraction of sp³-hybridized carbons (Fsp3) is 0.400. The van der Waals surface area contributed by atoms with E-state index in [4.69, 9.17) is 10.2 Å². The van der Waals surface area contributed by atoms with Crippen molar-refractivity contribution in [2.24, 2.45) is 0 Å². The van der Waals surface area contributed by atoms with E-state index in [1.54, 1.807) is 0 Å². The van der Waals surface area contributed by atoms with Crippen LogP contribution in [0.1, 0.15) is 18.7 Å². The quantitative estimate of drug-likeness (QED) is 0.507. The minimum absolute atomic E-state index is 0.00463. The monoisotopic (exact) mass is 145 g/mol. The molecule has 1 unspecified atom stereocenters. The molecule has 56 valence electrons. The summed E-state index contributed by atoms with van der Waals surface area (Å²) >= 11 is 0. The Morgan fingerprint density at radius 3 is 2.50 bits per heavy atom. The highest BCUT2D eigenvalue weighted by Gasteiger charge is 2.12. The lowest BCUT2D eigenvalue weighted by Gasteiger charge is -1.96. The molecule has 0 aromatic carbocycles. The number of hydrogen-bond acceptors (Lipinski definition) is 4. The molecule has 1 atom stereocenters. The first-order chi connectivity index (χ1) is 4.61. The number of aromatic amines is 1. The SMILES string of the molecule is CC(O)c1[nH]c(=O)oc1O. The van der Waals surface area contributed by atoms with Gasteiger partial charge in [-0.2, -0.15) is 0 Å². The number of aromatic nitrogens is 1. The van der Waals surface area contributed by atoms with Crippen LogP contribution in [0.5, 0.6) is 5.95 Å². The Morgan fingerprint density at radius 1 is 1.70 bits per heavy atom. The lowest BCUT2D eigenvalue weighted by Crippen LogP contribution is -1.99. The molecule has 10 heavy (non-hydrogen) atoms. The molecule has 3 N–H and O–H groups in total. The smallest absolute Gasteiger partial charge is 0.419 e. The van der Waals surface area contributed by atoms with Gasteiger partial charge in [-0.05, 0) is 6.92 Å². The lowest BCUT2D eigenvalue weighted by atomic mass is 10.3. The van der Waals surface area contributed by atoms with Crippen LogP contribution in [-0.2, 0) is 0 Å². The Balaban J connectivity index is 3.15. The predicted molar refractivity (Wildman–Crippen MR) is 31.6 cm³/mol. The molecule has 1 aromatic rings. The zero-order valence-electron chi connectivity index (χ0n) is 5.29. The van der Waals surface area contributed by atoms with Gasteiger partial charge >= 0.3 is 11.7 Å². The summed E-state index contributed by atoms with van der Waals surface area (Å²) in [6.45, 7) is 1.40. The van der Waals surface area contributed by atoms with E-state index in [1.165, 1.54) is 6.92 Å². The average Bonchev–Trinajstić information content (AvgIpc) is 2.10. The normalized spacial score (nSPS) is 13.4. The van der Waals surface area contributed by atoms with Gasteiger partial charge in [0.2, 0.25) is 0 Å². The molecule has 0 amide bonds. The van der Waals surface area contributed by atoms with Crippen LogP contribution < -0.4 is 5.76 Å². The van der Waals surface area contributed by atoms with Crippen molar-refractivity contribution in [2.75, 3.05) is 0 Å². The van der Waals surface area contributed by atoms with Crippen molar-refractivity contribution in [3.63, 3.8) is 0 Å². The molecule has 0 aliphatic heterocycles. The van der Waals surface area contributed by atoms with E-state index >= 15 is 0 Å². The van der Waals surface area contributed by atoms with Crippen molar-refractivity contribution in [3.05, 3.63) is 16.2 Å². The molecular formula is C5H7NO4. The third-order valence-corrected chi connectivity index (χ3v) is 1.07. The second-order valence-corrected chi connectivity index (χ2v) is 1.91. The van der Waals surface area contributed by atoms with Crippen molar-refractivity contribution in [1.82, 2.24) is 4.98 Å². The highest BCUT2D eigenvalue weighted by atomic mass is 16.5. The molecule has 1 aromatic heterocycles. The van der Waals surface area contributed by atoms with E-state index in [9.17, 15) is 4.79 Å². The molecule has 5 nitrogen and oxygen atoms in total. The molecule has 0 saturated heterocycles. The van der Waals surface area contributed by atoms with Gasteiger partial charge in [-0.3, -0.25) is 4.98 Å². The molecule has 0 bridgehead atoms. The van der Waals surface area contributed by atoms with Crippen LogP contribution in [0, 0.1) is 0 Å². The first-order valence-electron chi connectivity index (χ1n) is 2.71. The second kappa shape index (κ2) is 2.18. The molecule has 0 aliphatic rings. The molecule has 1 heterocycles. The molecule has 1 rings (SSSR count). The third-order valence-electron chi connectivity index (χ3n) is 1.07. The van der Waals surface area contributed by atoms with Gasteiger partial charge in [0.1, 0.15) is 5.69 Å². The van der Waals surface area contributed by atoms with Gasteiger partial charge in [-0.1, -0.05) is 0 Å². The van der Waals surface area contributed by atoms with Gasteiger partial charge in [0, 0.05) is 0 Å². The van der Waals surface area contributed by atoms with E-state index in [0.717, 1.165) is 0 Å². The summed E-state index contributed by atoms with van der Waals surface area (Å²) in [4.78, 5) is 12.4. The number of aromatic hydroxyl groups is 1. The Kier molecular flexibility index (Phi) is 1.50. The van der Waals surface area contributed by atoms with Crippen molar-refractivity contribution >= 4 is 0 Å². The van der Waals surface area contributed by atoms with Gasteiger partial charge in [-0.15, -0.1) is 0 Å². The molecule has 0 saturated carbocycles. The second-order valence-electron chi connectivity index (χ2n) is 1.91. The summed E-state index contributed by atoms with van der Waals surface area (Å²) in [5.41, 5.74) is 0.00463. The summed E-state index contributed by atoms with van der Waals surface area (Å²) in [6, 6.07) is 0. The zero-order valence-corrected chi connectivity index (χ0v) is 5.29. The minimum Gasteiger partial charge on any atom is -0.479 e. The first kappa shape index (κ1) is 6.88. The van der Waals surface area contributed by atoms with E-state index in [0.29, 0.717) is 0 Å². The topological polar surface area (TPSA) is 86.5 Å². The third kappa shape index (κ3) is 1.03. The van der Waals surface area contributed by atoms with Crippen molar-refractivity contribution in [3.8, 4) is 5.95 Å². The zero-order chi connectivity index (χ0) is 7.72. The van der Waals surface area contributed by atoms with Crippen LogP contribution in [0.4, 0.5) is 0 Å². The Bertz CT molecular complexity index is 271. The Hall–Kier alpha value is -1.23. The summed E-state index contributed by atoms with van der Waals surface area (Å²) in [5, 5.41) is 17.6. The number of oxazole rings is 1. The fourth-order valence-electron chi connectivity index (χ4n) is 0.615. The van der Waals surface area contributed by atoms with Gasteiger partial charge in [0.05, 0.1) is 6.10 Å². The molecule has 5 heteroatoms. The molecule has 0 spiro atoms. The number of nitrogens with one attached hydrogen (secondary N) is 1. The fourth-order valence-corrected chi connectivity index (χ4v) is 0.615. The van der Waals surface area contributed by atoms with Crippen LogP contribution in [0.3, 0.4) is 0 Å². The van der Waals surface area contributed by atoms with E-state index < -0.39 is 17.8 Å². The number of hydrogen-bond donors (Lipinski definition) is 3. The van der Waals surface area contributed by atoms with Crippen LogP contribution >= 0.6 is 0 Å². The maximum atomic E-state index is 10.3. The van der Waals surface area contributed by atoms with Crippen LogP contribution in [0.15, 0.2) is 9.21 Å². The average molecular weight is 145 g/mol. The maximum Gasteiger partial charge on any atom is 0.419 e. The summed E-state index contributed by atoms with van der Waals surface area (Å²) in [7, 11) is 0. The van der Waals surface area contributed by atoms with Crippen LogP contribution in [0.2, 0.25) is 0 Å². The van der Waals surface area contributed by atoms with Gasteiger partial charge in [0.15, 0.2) is 0 Å².